The Labute approximate surface area is 182 Å². The summed E-state index contributed by atoms with van der Waals surface area (Å²) in [6.45, 7) is 0.268. The quantitative estimate of drug-likeness (QED) is 0.683. The van der Waals surface area contributed by atoms with Crippen molar-refractivity contribution in [1.29, 1.82) is 0 Å². The van der Waals surface area contributed by atoms with Gasteiger partial charge in [0.15, 0.2) is 0 Å². The Bertz CT molecular complexity index is 1020. The summed E-state index contributed by atoms with van der Waals surface area (Å²) in [5.74, 6) is 0. The number of carbonyl (C=O) groups is 1. The molecule has 2 aromatic carbocycles. The smallest absolute Gasteiger partial charge is 0.410 e. The number of hydrogen-bond donors (Lipinski definition) is 1. The molecule has 3 aromatic rings. The van der Waals surface area contributed by atoms with E-state index in [2.05, 4.69) is 5.10 Å². The molecule has 0 spiro atoms. The van der Waals surface area contributed by atoms with Gasteiger partial charge in [-0.05, 0) is 37.0 Å². The predicted octanol–water partition coefficient (Wildman–Crippen LogP) is 4.41. The molecule has 2 bridgehead atoms. The maximum absolute atomic E-state index is 12.9. The Morgan fingerprint density at radius 1 is 1.03 bits per heavy atom. The number of piperidine rings is 2. The maximum Gasteiger partial charge on any atom is 0.410 e. The molecule has 160 valence electrons. The fourth-order valence-electron chi connectivity index (χ4n) is 5.04. The fraction of sp³-hybridized carbons (Fsp3) is 0.360. The van der Waals surface area contributed by atoms with Crippen LogP contribution in [0, 0.1) is 0 Å². The van der Waals surface area contributed by atoms with E-state index in [-0.39, 0.29) is 24.8 Å². The Morgan fingerprint density at radius 3 is 2.35 bits per heavy atom. The molecule has 0 radical (unpaired) electrons. The lowest BCUT2D eigenvalue weighted by atomic mass is 9.73. The topological polar surface area (TPSA) is 67.6 Å². The summed E-state index contributed by atoms with van der Waals surface area (Å²) >= 11 is 0. The number of aliphatic hydroxyl groups is 1. The number of hydrogen-bond acceptors (Lipinski definition) is 4. The van der Waals surface area contributed by atoms with Crippen molar-refractivity contribution in [3.8, 4) is 5.69 Å². The molecular formula is C25H27N3O3. The average Bonchev–Trinajstić information content (AvgIpc) is 3.30. The highest BCUT2D eigenvalue weighted by Crippen LogP contribution is 2.44. The number of benzene rings is 2. The predicted molar refractivity (Wildman–Crippen MR) is 117 cm³/mol. The van der Waals surface area contributed by atoms with Crippen LogP contribution in [0.1, 0.15) is 43.2 Å². The Morgan fingerprint density at radius 2 is 1.68 bits per heavy atom. The molecular weight excluding hydrogens is 390 g/mol. The van der Waals surface area contributed by atoms with E-state index >= 15 is 0 Å². The highest BCUT2D eigenvalue weighted by molar-refractivity contribution is 5.69. The lowest BCUT2D eigenvalue weighted by Gasteiger charge is -2.51. The van der Waals surface area contributed by atoms with E-state index < -0.39 is 5.60 Å². The highest BCUT2D eigenvalue weighted by atomic mass is 16.6. The molecule has 2 saturated heterocycles. The summed E-state index contributed by atoms with van der Waals surface area (Å²) in [4.78, 5) is 14.8. The first-order valence-corrected chi connectivity index (χ1v) is 10.9. The van der Waals surface area contributed by atoms with Crippen molar-refractivity contribution in [2.75, 3.05) is 0 Å². The van der Waals surface area contributed by atoms with E-state index in [1.54, 1.807) is 10.9 Å². The zero-order valence-corrected chi connectivity index (χ0v) is 17.4. The average molecular weight is 418 g/mol. The second-order valence-electron chi connectivity index (χ2n) is 8.63. The van der Waals surface area contributed by atoms with Crippen LogP contribution in [0.15, 0.2) is 73.1 Å². The van der Waals surface area contributed by atoms with Gasteiger partial charge in [-0.3, -0.25) is 0 Å². The summed E-state index contributed by atoms with van der Waals surface area (Å²) in [7, 11) is 0. The third-order valence-corrected chi connectivity index (χ3v) is 6.56. The van der Waals surface area contributed by atoms with Crippen molar-refractivity contribution in [3.05, 3.63) is 84.2 Å². The monoisotopic (exact) mass is 417 g/mol. The zero-order valence-electron chi connectivity index (χ0n) is 17.4. The molecule has 2 aliphatic heterocycles. The Balaban J connectivity index is 1.31. The van der Waals surface area contributed by atoms with E-state index in [4.69, 9.17) is 4.74 Å². The van der Waals surface area contributed by atoms with Crippen LogP contribution in [-0.4, -0.2) is 38.0 Å². The summed E-state index contributed by atoms with van der Waals surface area (Å²) in [6.07, 6.45) is 7.23. The van der Waals surface area contributed by atoms with Crippen LogP contribution < -0.4 is 0 Å². The van der Waals surface area contributed by atoms with Gasteiger partial charge in [-0.25, -0.2) is 9.48 Å². The van der Waals surface area contributed by atoms with E-state index in [1.165, 1.54) is 0 Å². The van der Waals surface area contributed by atoms with Crippen LogP contribution in [0.3, 0.4) is 0 Å². The molecule has 1 N–H and O–H groups in total. The first-order valence-electron chi connectivity index (χ1n) is 10.9. The van der Waals surface area contributed by atoms with E-state index in [9.17, 15) is 9.90 Å². The first-order chi connectivity index (χ1) is 15.1. The maximum atomic E-state index is 12.9. The van der Waals surface area contributed by atoms with Gasteiger partial charge in [0.2, 0.25) is 0 Å². The van der Waals surface area contributed by atoms with Gasteiger partial charge >= 0.3 is 6.09 Å². The first kappa shape index (κ1) is 19.8. The van der Waals surface area contributed by atoms with Crippen LogP contribution in [0.4, 0.5) is 4.79 Å². The second-order valence-corrected chi connectivity index (χ2v) is 8.63. The number of ether oxygens (including phenoxy) is 1. The lowest BCUT2D eigenvalue weighted by molar-refractivity contribution is -0.0896. The van der Waals surface area contributed by atoms with Gasteiger partial charge in [0.25, 0.3) is 0 Å². The molecule has 5 rings (SSSR count). The number of para-hydroxylation sites is 1. The highest BCUT2D eigenvalue weighted by Gasteiger charge is 2.49. The van der Waals surface area contributed by atoms with Crippen molar-refractivity contribution in [2.45, 2.75) is 56.4 Å². The van der Waals surface area contributed by atoms with E-state index in [1.807, 2.05) is 71.8 Å². The second kappa shape index (κ2) is 8.19. The van der Waals surface area contributed by atoms with Crippen LogP contribution in [0.2, 0.25) is 0 Å². The summed E-state index contributed by atoms with van der Waals surface area (Å²) in [5.41, 5.74) is 1.76. The Kier molecular flexibility index (Phi) is 5.24. The molecule has 0 saturated carbocycles. The molecule has 1 aromatic heterocycles. The molecule has 3 heterocycles. The third-order valence-electron chi connectivity index (χ3n) is 6.56. The summed E-state index contributed by atoms with van der Waals surface area (Å²) < 4.78 is 7.42. The largest absolute Gasteiger partial charge is 0.445 e. The minimum Gasteiger partial charge on any atom is -0.445 e. The minimum absolute atomic E-state index is 0.0270. The number of amides is 1. The number of fused-ring (bicyclic) bond motifs is 2. The molecule has 31 heavy (non-hydrogen) atoms. The number of carbonyl (C=O) groups excluding carboxylic acids is 1. The fourth-order valence-corrected chi connectivity index (χ4v) is 5.04. The standard InChI is InChI=1S/C25H27N3O3/c29-24(31-18-19-8-3-1-4-9-19)28-22-12-7-13-23(28)15-25(30,14-22)20-16-26-27(17-20)21-10-5-2-6-11-21/h1-6,8-11,16-17,22-23,30H,7,12-15,18H2. The van der Waals surface area contributed by atoms with Gasteiger partial charge < -0.3 is 14.7 Å². The number of aromatic nitrogens is 2. The van der Waals surface area contributed by atoms with Crippen molar-refractivity contribution < 1.29 is 14.6 Å². The molecule has 2 unspecified atom stereocenters. The molecule has 2 fully saturated rings. The van der Waals surface area contributed by atoms with Crippen LogP contribution in [0.5, 0.6) is 0 Å². The lowest BCUT2D eigenvalue weighted by Crippen LogP contribution is -2.58. The minimum atomic E-state index is -0.987. The molecule has 0 aliphatic carbocycles. The molecule has 6 nitrogen and oxygen atoms in total. The summed E-state index contributed by atoms with van der Waals surface area (Å²) in [5, 5.41) is 16.1. The van der Waals surface area contributed by atoms with Crippen molar-refractivity contribution in [1.82, 2.24) is 14.7 Å². The molecule has 1 amide bonds. The normalized spacial score (nSPS) is 25.3. The Hall–Kier alpha value is -3.12. The SMILES string of the molecule is O=C(OCc1ccccc1)N1C2CCCC1CC(O)(c1cnn(-c3ccccc3)c1)C2. The van der Waals surface area contributed by atoms with E-state index in [0.29, 0.717) is 12.8 Å². The van der Waals surface area contributed by atoms with Gasteiger partial charge in [-0.2, -0.15) is 5.10 Å². The zero-order chi connectivity index (χ0) is 21.3. The van der Waals surface area contributed by atoms with Crippen LogP contribution in [0.25, 0.3) is 5.69 Å². The van der Waals surface area contributed by atoms with E-state index in [0.717, 1.165) is 36.1 Å². The van der Waals surface area contributed by atoms with Crippen molar-refractivity contribution >= 4 is 6.09 Å². The molecule has 2 atom stereocenters. The third kappa shape index (κ3) is 3.95. The van der Waals surface area contributed by atoms with Crippen LogP contribution >= 0.6 is 0 Å². The number of rotatable bonds is 4. The number of nitrogens with zero attached hydrogens (tertiary/aromatic N) is 3. The van der Waals surface area contributed by atoms with Crippen molar-refractivity contribution in [2.24, 2.45) is 0 Å². The van der Waals surface area contributed by atoms with Gasteiger partial charge in [0.05, 0.1) is 17.5 Å². The molecule has 2 aliphatic rings. The van der Waals surface area contributed by atoms with Gasteiger partial charge in [-0.15, -0.1) is 0 Å². The summed E-state index contributed by atoms with van der Waals surface area (Å²) in [6, 6.07) is 19.5. The van der Waals surface area contributed by atoms with Gasteiger partial charge in [0.1, 0.15) is 6.61 Å². The van der Waals surface area contributed by atoms with Gasteiger partial charge in [-0.1, -0.05) is 48.5 Å². The van der Waals surface area contributed by atoms with Crippen molar-refractivity contribution in [3.63, 3.8) is 0 Å². The van der Waals surface area contributed by atoms with Crippen LogP contribution in [-0.2, 0) is 16.9 Å². The molecule has 6 heteroatoms. The van der Waals surface area contributed by atoms with Gasteiger partial charge in [0, 0.05) is 36.7 Å².